The summed E-state index contributed by atoms with van der Waals surface area (Å²) in [6.45, 7) is 2.54. The predicted molar refractivity (Wildman–Crippen MR) is 84.5 cm³/mol. The van der Waals surface area contributed by atoms with E-state index in [4.69, 9.17) is 4.42 Å². The van der Waals surface area contributed by atoms with Crippen molar-refractivity contribution < 1.29 is 9.21 Å². The molecule has 0 bridgehead atoms. The SMILES string of the molecule is Cc1oc2ccccc2c1C(=O)NCCC1=CCCCC1. The Bertz CT molecular complexity index is 682. The summed E-state index contributed by atoms with van der Waals surface area (Å²) in [5, 5.41) is 3.92. The van der Waals surface area contributed by atoms with Gasteiger partial charge in [0.1, 0.15) is 11.3 Å². The molecule has 110 valence electrons. The van der Waals surface area contributed by atoms with Gasteiger partial charge in [0.25, 0.3) is 5.91 Å². The Morgan fingerprint density at radius 3 is 2.95 bits per heavy atom. The summed E-state index contributed by atoms with van der Waals surface area (Å²) >= 11 is 0. The van der Waals surface area contributed by atoms with Gasteiger partial charge in [-0.05, 0) is 45.1 Å². The Morgan fingerprint density at radius 1 is 1.29 bits per heavy atom. The third kappa shape index (κ3) is 3.02. The molecule has 1 aliphatic rings. The number of carbonyl (C=O) groups is 1. The van der Waals surface area contributed by atoms with E-state index < -0.39 is 0 Å². The van der Waals surface area contributed by atoms with Gasteiger partial charge in [-0.2, -0.15) is 0 Å². The van der Waals surface area contributed by atoms with Gasteiger partial charge in [0, 0.05) is 11.9 Å². The fourth-order valence-corrected chi connectivity index (χ4v) is 3.01. The molecule has 3 heteroatoms. The number of hydrogen-bond donors (Lipinski definition) is 1. The second-order valence-corrected chi connectivity index (χ2v) is 5.64. The van der Waals surface area contributed by atoms with Crippen LogP contribution in [0.15, 0.2) is 40.3 Å². The van der Waals surface area contributed by atoms with Crippen molar-refractivity contribution in [3.63, 3.8) is 0 Å². The number of fused-ring (bicyclic) bond motifs is 1. The quantitative estimate of drug-likeness (QED) is 0.847. The Kier molecular flexibility index (Phi) is 4.09. The third-order valence-corrected chi connectivity index (χ3v) is 4.12. The second-order valence-electron chi connectivity index (χ2n) is 5.64. The number of nitrogens with one attached hydrogen (secondary N) is 1. The van der Waals surface area contributed by atoms with Crippen molar-refractivity contribution in [2.75, 3.05) is 6.54 Å². The largest absolute Gasteiger partial charge is 0.461 e. The number of amides is 1. The molecule has 21 heavy (non-hydrogen) atoms. The van der Waals surface area contributed by atoms with E-state index in [1.807, 2.05) is 31.2 Å². The highest BCUT2D eigenvalue weighted by molar-refractivity contribution is 6.07. The molecule has 0 spiro atoms. The lowest BCUT2D eigenvalue weighted by Gasteiger charge is -2.12. The number of aryl methyl sites for hydroxylation is 1. The van der Waals surface area contributed by atoms with E-state index in [2.05, 4.69) is 11.4 Å². The number of allylic oxidation sites excluding steroid dienone is 1. The van der Waals surface area contributed by atoms with Crippen molar-refractivity contribution in [2.24, 2.45) is 0 Å². The minimum atomic E-state index is -0.0335. The number of hydrogen-bond acceptors (Lipinski definition) is 2. The van der Waals surface area contributed by atoms with Gasteiger partial charge in [-0.1, -0.05) is 29.8 Å². The first-order valence-corrected chi connectivity index (χ1v) is 7.70. The molecule has 2 aromatic rings. The summed E-state index contributed by atoms with van der Waals surface area (Å²) in [4.78, 5) is 12.4. The van der Waals surface area contributed by atoms with Crippen LogP contribution in [-0.2, 0) is 0 Å². The summed E-state index contributed by atoms with van der Waals surface area (Å²) < 4.78 is 5.64. The van der Waals surface area contributed by atoms with E-state index in [0.717, 1.165) is 17.4 Å². The Morgan fingerprint density at radius 2 is 2.14 bits per heavy atom. The van der Waals surface area contributed by atoms with E-state index in [9.17, 15) is 4.79 Å². The first-order valence-electron chi connectivity index (χ1n) is 7.70. The maximum absolute atomic E-state index is 12.4. The smallest absolute Gasteiger partial charge is 0.255 e. The van der Waals surface area contributed by atoms with Gasteiger partial charge >= 0.3 is 0 Å². The molecule has 1 aromatic carbocycles. The van der Waals surface area contributed by atoms with E-state index in [1.54, 1.807) is 0 Å². The number of carbonyl (C=O) groups excluding carboxylic acids is 1. The van der Waals surface area contributed by atoms with Crippen LogP contribution in [0.5, 0.6) is 0 Å². The van der Waals surface area contributed by atoms with Crippen LogP contribution in [0.1, 0.15) is 48.2 Å². The molecule has 0 aliphatic heterocycles. The molecular formula is C18H21NO2. The topological polar surface area (TPSA) is 42.2 Å². The highest BCUT2D eigenvalue weighted by Gasteiger charge is 2.17. The fraction of sp³-hybridized carbons (Fsp3) is 0.389. The van der Waals surface area contributed by atoms with Gasteiger partial charge in [-0.15, -0.1) is 0 Å². The lowest BCUT2D eigenvalue weighted by Crippen LogP contribution is -2.25. The average Bonchev–Trinajstić information content (AvgIpc) is 2.84. The van der Waals surface area contributed by atoms with Crippen molar-refractivity contribution >= 4 is 16.9 Å². The minimum Gasteiger partial charge on any atom is -0.461 e. The van der Waals surface area contributed by atoms with Crippen LogP contribution in [0.3, 0.4) is 0 Å². The summed E-state index contributed by atoms with van der Waals surface area (Å²) in [6, 6.07) is 7.68. The predicted octanol–water partition coefficient (Wildman–Crippen LogP) is 4.36. The molecule has 0 fully saturated rings. The molecule has 1 heterocycles. The van der Waals surface area contributed by atoms with E-state index in [0.29, 0.717) is 17.9 Å². The fourth-order valence-electron chi connectivity index (χ4n) is 3.01. The average molecular weight is 283 g/mol. The third-order valence-electron chi connectivity index (χ3n) is 4.12. The maximum atomic E-state index is 12.4. The zero-order chi connectivity index (χ0) is 14.7. The number of benzene rings is 1. The van der Waals surface area contributed by atoms with E-state index >= 15 is 0 Å². The first-order chi connectivity index (χ1) is 10.3. The van der Waals surface area contributed by atoms with Crippen LogP contribution >= 0.6 is 0 Å². The standard InChI is InChI=1S/C18H21NO2/c1-13-17(15-9-5-6-10-16(15)21-13)18(20)19-12-11-14-7-3-2-4-8-14/h5-7,9-10H,2-4,8,11-12H2,1H3,(H,19,20). The monoisotopic (exact) mass is 283 g/mol. The molecule has 3 nitrogen and oxygen atoms in total. The van der Waals surface area contributed by atoms with Crippen molar-refractivity contribution in [3.05, 3.63) is 47.2 Å². The van der Waals surface area contributed by atoms with Crippen LogP contribution in [0.4, 0.5) is 0 Å². The molecule has 0 unspecified atom stereocenters. The van der Waals surface area contributed by atoms with E-state index in [1.165, 1.54) is 31.3 Å². The summed E-state index contributed by atoms with van der Waals surface area (Å²) in [5.74, 6) is 0.652. The van der Waals surface area contributed by atoms with Crippen LogP contribution in [-0.4, -0.2) is 12.5 Å². The normalized spacial score (nSPS) is 15.0. The zero-order valence-corrected chi connectivity index (χ0v) is 12.4. The van der Waals surface area contributed by atoms with E-state index in [-0.39, 0.29) is 5.91 Å². The van der Waals surface area contributed by atoms with Gasteiger partial charge in [-0.3, -0.25) is 4.79 Å². The molecule has 1 aromatic heterocycles. The molecule has 0 saturated heterocycles. The van der Waals surface area contributed by atoms with Gasteiger partial charge in [0.15, 0.2) is 0 Å². The Balaban J connectivity index is 1.67. The van der Waals surface area contributed by atoms with Crippen molar-refractivity contribution in [2.45, 2.75) is 39.0 Å². The molecule has 1 amide bonds. The van der Waals surface area contributed by atoms with Crippen molar-refractivity contribution in [1.82, 2.24) is 5.32 Å². The summed E-state index contributed by atoms with van der Waals surface area (Å²) in [6.07, 6.45) is 8.24. The summed E-state index contributed by atoms with van der Waals surface area (Å²) in [5.41, 5.74) is 2.92. The van der Waals surface area contributed by atoms with Crippen LogP contribution in [0.25, 0.3) is 11.0 Å². The molecule has 1 aliphatic carbocycles. The molecule has 0 radical (unpaired) electrons. The molecule has 3 rings (SSSR count). The Hall–Kier alpha value is -2.03. The Labute approximate surface area is 125 Å². The van der Waals surface area contributed by atoms with Gasteiger partial charge < -0.3 is 9.73 Å². The number of para-hydroxylation sites is 1. The molecule has 1 N–H and O–H groups in total. The highest BCUT2D eigenvalue weighted by Crippen LogP contribution is 2.25. The van der Waals surface area contributed by atoms with Crippen molar-refractivity contribution in [3.8, 4) is 0 Å². The van der Waals surface area contributed by atoms with Crippen LogP contribution in [0.2, 0.25) is 0 Å². The lowest BCUT2D eigenvalue weighted by atomic mass is 9.97. The zero-order valence-electron chi connectivity index (χ0n) is 12.4. The number of furan rings is 1. The van der Waals surface area contributed by atoms with Gasteiger partial charge in [0.2, 0.25) is 0 Å². The van der Waals surface area contributed by atoms with Crippen LogP contribution < -0.4 is 5.32 Å². The highest BCUT2D eigenvalue weighted by atomic mass is 16.3. The maximum Gasteiger partial charge on any atom is 0.255 e. The van der Waals surface area contributed by atoms with Crippen LogP contribution in [0, 0.1) is 6.92 Å². The van der Waals surface area contributed by atoms with Gasteiger partial charge in [0.05, 0.1) is 5.56 Å². The van der Waals surface area contributed by atoms with Gasteiger partial charge in [-0.25, -0.2) is 0 Å². The molecular weight excluding hydrogens is 262 g/mol. The summed E-state index contributed by atoms with van der Waals surface area (Å²) in [7, 11) is 0. The molecule has 0 atom stereocenters. The molecule has 0 saturated carbocycles. The first kappa shape index (κ1) is 13.9. The minimum absolute atomic E-state index is 0.0335. The number of rotatable bonds is 4. The second kappa shape index (κ2) is 6.17. The van der Waals surface area contributed by atoms with Crippen molar-refractivity contribution in [1.29, 1.82) is 0 Å². The lowest BCUT2D eigenvalue weighted by molar-refractivity contribution is 0.0954.